The molecule has 0 unspecified atom stereocenters. The van der Waals surface area contributed by atoms with E-state index in [1.165, 1.54) is 19.3 Å². The van der Waals surface area contributed by atoms with Crippen molar-refractivity contribution in [3.63, 3.8) is 0 Å². The molecular formula is C16H33IN4O2S. The van der Waals surface area contributed by atoms with Gasteiger partial charge in [0.25, 0.3) is 0 Å². The molecule has 24 heavy (non-hydrogen) atoms. The molecule has 2 fully saturated rings. The van der Waals surface area contributed by atoms with Crippen molar-refractivity contribution in [3.05, 3.63) is 0 Å². The molecule has 0 aromatic heterocycles. The number of sulfonamides is 1. The maximum Gasteiger partial charge on any atom is 0.214 e. The fraction of sp³-hybridized carbons (Fsp3) is 0.938. The number of hydrogen-bond donors (Lipinski definition) is 2. The Morgan fingerprint density at radius 3 is 2.38 bits per heavy atom. The summed E-state index contributed by atoms with van der Waals surface area (Å²) in [6.45, 7) is 6.93. The van der Waals surface area contributed by atoms with Gasteiger partial charge in [-0.05, 0) is 38.5 Å². The molecule has 0 bridgehead atoms. The van der Waals surface area contributed by atoms with E-state index in [1.54, 1.807) is 4.31 Å². The molecule has 1 aliphatic carbocycles. The van der Waals surface area contributed by atoms with Crippen LogP contribution in [0.4, 0.5) is 0 Å². The zero-order valence-corrected chi connectivity index (χ0v) is 18.1. The lowest BCUT2D eigenvalue weighted by molar-refractivity contribution is 0.306. The summed E-state index contributed by atoms with van der Waals surface area (Å²) in [5.74, 6) is 2.03. The first-order chi connectivity index (χ1) is 11.0. The van der Waals surface area contributed by atoms with E-state index in [2.05, 4.69) is 22.5 Å². The molecule has 2 N–H and O–H groups in total. The van der Waals surface area contributed by atoms with Gasteiger partial charge in [0.2, 0.25) is 10.0 Å². The van der Waals surface area contributed by atoms with Crippen LogP contribution in [0.15, 0.2) is 4.99 Å². The second-order valence-electron chi connectivity index (χ2n) is 6.63. The zero-order chi connectivity index (χ0) is 16.7. The van der Waals surface area contributed by atoms with Crippen molar-refractivity contribution in [2.45, 2.75) is 58.4 Å². The van der Waals surface area contributed by atoms with Crippen molar-refractivity contribution in [2.24, 2.45) is 10.9 Å². The van der Waals surface area contributed by atoms with Crippen LogP contribution < -0.4 is 10.6 Å². The molecule has 0 spiro atoms. The number of nitrogens with zero attached hydrogens (tertiary/aromatic N) is 2. The molecule has 1 heterocycles. The average Bonchev–Trinajstić information content (AvgIpc) is 3.32. The van der Waals surface area contributed by atoms with Gasteiger partial charge >= 0.3 is 0 Å². The maximum atomic E-state index is 12.1. The summed E-state index contributed by atoms with van der Waals surface area (Å²) in [5, 5.41) is 6.77. The van der Waals surface area contributed by atoms with Gasteiger partial charge in [0.15, 0.2) is 5.96 Å². The predicted octanol–water partition coefficient (Wildman–Crippen LogP) is 2.16. The maximum absolute atomic E-state index is 12.1. The predicted molar refractivity (Wildman–Crippen MR) is 111 cm³/mol. The van der Waals surface area contributed by atoms with Gasteiger partial charge in [0.05, 0.1) is 5.75 Å². The SMILES string of the molecule is CCCS(=O)(=O)N1CCC(NC(=NCCC2CC2)NCC)CC1.I. The van der Waals surface area contributed by atoms with E-state index in [9.17, 15) is 8.42 Å². The molecule has 142 valence electrons. The Morgan fingerprint density at radius 2 is 1.83 bits per heavy atom. The van der Waals surface area contributed by atoms with Crippen molar-refractivity contribution >= 4 is 40.0 Å². The van der Waals surface area contributed by atoms with Crippen LogP contribution in [0.25, 0.3) is 0 Å². The standard InChI is InChI=1S/C16H32N4O2S.HI/c1-3-13-23(21,22)20-11-8-15(9-12-20)19-16(17-4-2)18-10-7-14-5-6-14;/h14-15H,3-13H2,1-2H3,(H2,17,18,19);1H. The average molecular weight is 472 g/mol. The molecule has 1 saturated heterocycles. The van der Waals surface area contributed by atoms with Crippen molar-refractivity contribution in [3.8, 4) is 0 Å². The molecular weight excluding hydrogens is 439 g/mol. The van der Waals surface area contributed by atoms with Gasteiger partial charge in [0.1, 0.15) is 0 Å². The Morgan fingerprint density at radius 1 is 1.17 bits per heavy atom. The summed E-state index contributed by atoms with van der Waals surface area (Å²) >= 11 is 0. The molecule has 8 heteroatoms. The summed E-state index contributed by atoms with van der Waals surface area (Å²) in [7, 11) is -3.05. The third-order valence-corrected chi connectivity index (χ3v) is 6.57. The van der Waals surface area contributed by atoms with E-state index >= 15 is 0 Å². The summed E-state index contributed by atoms with van der Waals surface area (Å²) < 4.78 is 25.8. The molecule has 0 atom stereocenters. The van der Waals surface area contributed by atoms with Gasteiger partial charge in [-0.3, -0.25) is 4.99 Å². The highest BCUT2D eigenvalue weighted by atomic mass is 127. The minimum absolute atomic E-state index is 0. The molecule has 2 rings (SSSR count). The van der Waals surface area contributed by atoms with Crippen LogP contribution in [-0.2, 0) is 10.0 Å². The monoisotopic (exact) mass is 472 g/mol. The number of rotatable bonds is 8. The lowest BCUT2D eigenvalue weighted by Gasteiger charge is -2.32. The van der Waals surface area contributed by atoms with Crippen molar-refractivity contribution in [1.82, 2.24) is 14.9 Å². The molecule has 2 aliphatic rings. The van der Waals surface area contributed by atoms with Gasteiger partial charge in [-0.25, -0.2) is 12.7 Å². The lowest BCUT2D eigenvalue weighted by Crippen LogP contribution is -2.50. The fourth-order valence-electron chi connectivity index (χ4n) is 2.94. The number of halogens is 1. The van der Waals surface area contributed by atoms with Crippen molar-refractivity contribution < 1.29 is 8.42 Å². The Balaban J connectivity index is 0.00000288. The van der Waals surface area contributed by atoms with Gasteiger partial charge in [-0.2, -0.15) is 0 Å². The summed E-state index contributed by atoms with van der Waals surface area (Å²) in [6.07, 6.45) is 6.28. The topological polar surface area (TPSA) is 73.8 Å². The van der Waals surface area contributed by atoms with E-state index in [4.69, 9.17) is 0 Å². The van der Waals surface area contributed by atoms with Crippen LogP contribution in [-0.4, -0.2) is 56.7 Å². The molecule has 1 aliphatic heterocycles. The third kappa shape index (κ3) is 7.43. The van der Waals surface area contributed by atoms with E-state index in [-0.39, 0.29) is 29.7 Å². The quantitative estimate of drug-likeness (QED) is 0.323. The van der Waals surface area contributed by atoms with E-state index in [0.717, 1.165) is 37.8 Å². The lowest BCUT2D eigenvalue weighted by atomic mass is 10.1. The number of piperidine rings is 1. The zero-order valence-electron chi connectivity index (χ0n) is 15.0. The first-order valence-corrected chi connectivity index (χ1v) is 10.7. The minimum atomic E-state index is -3.05. The van der Waals surface area contributed by atoms with E-state index in [0.29, 0.717) is 25.6 Å². The second-order valence-corrected chi connectivity index (χ2v) is 8.71. The van der Waals surface area contributed by atoms with Crippen LogP contribution in [0, 0.1) is 5.92 Å². The van der Waals surface area contributed by atoms with Gasteiger partial charge < -0.3 is 10.6 Å². The van der Waals surface area contributed by atoms with Gasteiger partial charge in [0, 0.05) is 32.2 Å². The first kappa shape index (κ1) is 22.0. The Hall–Kier alpha value is -0.0900. The van der Waals surface area contributed by atoms with E-state index in [1.807, 2.05) is 6.92 Å². The molecule has 6 nitrogen and oxygen atoms in total. The van der Waals surface area contributed by atoms with Crippen LogP contribution in [0.2, 0.25) is 0 Å². The normalized spacial score (nSPS) is 20.5. The third-order valence-electron chi connectivity index (χ3n) is 4.50. The summed E-state index contributed by atoms with van der Waals surface area (Å²) in [5.41, 5.74) is 0. The van der Waals surface area contributed by atoms with Crippen molar-refractivity contribution in [2.75, 3.05) is 31.9 Å². The number of nitrogens with one attached hydrogen (secondary N) is 2. The molecule has 1 saturated carbocycles. The Bertz CT molecular complexity index is 486. The number of guanidine groups is 1. The number of hydrogen-bond acceptors (Lipinski definition) is 3. The van der Waals surface area contributed by atoms with Crippen molar-refractivity contribution in [1.29, 1.82) is 0 Å². The Kier molecular flexibility index (Phi) is 9.88. The highest BCUT2D eigenvalue weighted by Crippen LogP contribution is 2.32. The van der Waals surface area contributed by atoms with Crippen LogP contribution in [0.1, 0.15) is 52.4 Å². The first-order valence-electron chi connectivity index (χ1n) is 9.07. The highest BCUT2D eigenvalue weighted by molar-refractivity contribution is 14.0. The highest BCUT2D eigenvalue weighted by Gasteiger charge is 2.27. The van der Waals surface area contributed by atoms with E-state index < -0.39 is 10.0 Å². The van der Waals surface area contributed by atoms with Crippen LogP contribution in [0.5, 0.6) is 0 Å². The summed E-state index contributed by atoms with van der Waals surface area (Å²) in [4.78, 5) is 4.65. The Labute approximate surface area is 164 Å². The van der Waals surface area contributed by atoms with Gasteiger partial charge in [-0.1, -0.05) is 19.8 Å². The smallest absolute Gasteiger partial charge is 0.214 e. The van der Waals surface area contributed by atoms with Crippen LogP contribution in [0.3, 0.4) is 0 Å². The minimum Gasteiger partial charge on any atom is -0.357 e. The second kappa shape index (κ2) is 10.8. The summed E-state index contributed by atoms with van der Waals surface area (Å²) in [6, 6.07) is 0.307. The molecule has 0 aromatic carbocycles. The number of aliphatic imine (C=N–C) groups is 1. The van der Waals surface area contributed by atoms with Gasteiger partial charge in [-0.15, -0.1) is 24.0 Å². The fourth-order valence-corrected chi connectivity index (χ4v) is 4.49. The molecule has 0 radical (unpaired) electrons. The molecule has 0 amide bonds. The largest absolute Gasteiger partial charge is 0.357 e. The molecule has 0 aromatic rings. The van der Waals surface area contributed by atoms with Crippen LogP contribution >= 0.6 is 24.0 Å².